The average Bonchev–Trinajstić information content (AvgIpc) is 3.04. The van der Waals surface area contributed by atoms with E-state index in [0.717, 1.165) is 11.0 Å². The second-order valence-corrected chi connectivity index (χ2v) is 6.00. The van der Waals surface area contributed by atoms with Crippen LogP contribution >= 0.6 is 0 Å². The first-order chi connectivity index (χ1) is 13.0. The Morgan fingerprint density at radius 1 is 1.39 bits per heavy atom. The normalized spacial score (nSPS) is 15.3. The first-order valence-corrected chi connectivity index (χ1v) is 8.12. The van der Waals surface area contributed by atoms with Crippen molar-refractivity contribution in [1.82, 2.24) is 4.90 Å². The maximum absolute atomic E-state index is 12.7. The molecule has 1 heterocycles. The molecule has 1 saturated heterocycles. The van der Waals surface area contributed by atoms with Gasteiger partial charge in [0, 0.05) is 19.0 Å². The zero-order valence-electron chi connectivity index (χ0n) is 14.6. The number of ether oxygens (including phenoxy) is 1. The van der Waals surface area contributed by atoms with Crippen LogP contribution in [0.25, 0.3) is 0 Å². The van der Waals surface area contributed by atoms with Gasteiger partial charge in [-0.15, -0.1) is 0 Å². The Morgan fingerprint density at radius 3 is 2.61 bits per heavy atom. The number of carbonyl (C=O) groups is 3. The Hall–Kier alpha value is -3.18. The fourth-order valence-corrected chi connectivity index (χ4v) is 2.52. The van der Waals surface area contributed by atoms with E-state index in [1.165, 1.54) is 6.92 Å². The summed E-state index contributed by atoms with van der Waals surface area (Å²) in [6.45, 7) is 0.807. The minimum Gasteiger partial charge on any atom is -0.454 e. The molecule has 1 unspecified atom stereocenters. The first kappa shape index (κ1) is 21.1. The smallest absolute Gasteiger partial charge is 0.416 e. The van der Waals surface area contributed by atoms with E-state index in [-0.39, 0.29) is 24.6 Å². The van der Waals surface area contributed by atoms with Crippen LogP contribution < -0.4 is 5.32 Å². The summed E-state index contributed by atoms with van der Waals surface area (Å²) >= 11 is 0. The molecule has 1 atom stereocenters. The molecule has 0 radical (unpaired) electrons. The Labute approximate surface area is 156 Å². The van der Waals surface area contributed by atoms with E-state index in [9.17, 15) is 37.7 Å². The van der Waals surface area contributed by atoms with Gasteiger partial charge in [-0.3, -0.25) is 24.6 Å². The van der Waals surface area contributed by atoms with Gasteiger partial charge >= 0.3 is 12.1 Å². The van der Waals surface area contributed by atoms with Gasteiger partial charge in [-0.1, -0.05) is 0 Å². The van der Waals surface area contributed by atoms with Crippen LogP contribution in [0.2, 0.25) is 0 Å². The first-order valence-electron chi connectivity index (χ1n) is 8.12. The minimum absolute atomic E-state index is 0.231. The molecule has 2 amide bonds. The molecule has 0 saturated carbocycles. The topological polar surface area (TPSA) is 119 Å². The van der Waals surface area contributed by atoms with Crippen LogP contribution in [0.4, 0.5) is 24.5 Å². The molecule has 1 aromatic rings. The van der Waals surface area contributed by atoms with Crippen molar-refractivity contribution in [3.63, 3.8) is 0 Å². The van der Waals surface area contributed by atoms with Crippen LogP contribution in [0.1, 0.15) is 25.3 Å². The number of likely N-dealkylation sites (tertiary alicyclic amines) is 1. The summed E-state index contributed by atoms with van der Waals surface area (Å²) in [6.07, 6.45) is -4.01. The number of nitrogens with one attached hydrogen (secondary N) is 1. The SMILES string of the molecule is CC(Nc1ccc(C(F)(F)F)cc1[N+](=O)[O-])C(=O)OCC(=O)N1CCCC1=O. The van der Waals surface area contributed by atoms with Gasteiger partial charge in [0.2, 0.25) is 5.91 Å². The van der Waals surface area contributed by atoms with Gasteiger partial charge in [0.15, 0.2) is 6.61 Å². The van der Waals surface area contributed by atoms with Crippen molar-refractivity contribution in [2.24, 2.45) is 0 Å². The summed E-state index contributed by atoms with van der Waals surface area (Å²) in [5.74, 6) is -2.02. The zero-order valence-corrected chi connectivity index (χ0v) is 14.6. The van der Waals surface area contributed by atoms with E-state index in [4.69, 9.17) is 4.74 Å². The van der Waals surface area contributed by atoms with E-state index >= 15 is 0 Å². The number of benzene rings is 1. The minimum atomic E-state index is -4.76. The molecule has 12 heteroatoms. The molecule has 28 heavy (non-hydrogen) atoms. The molecule has 2 rings (SSSR count). The molecule has 1 fully saturated rings. The van der Waals surface area contributed by atoms with Crippen LogP contribution in [0, 0.1) is 10.1 Å². The van der Waals surface area contributed by atoms with Crippen molar-refractivity contribution < 1.29 is 37.2 Å². The lowest BCUT2D eigenvalue weighted by Gasteiger charge is -2.17. The monoisotopic (exact) mass is 403 g/mol. The van der Waals surface area contributed by atoms with Crippen molar-refractivity contribution in [1.29, 1.82) is 0 Å². The Kier molecular flexibility index (Phi) is 6.21. The molecular weight excluding hydrogens is 387 g/mol. The number of halogens is 3. The predicted molar refractivity (Wildman–Crippen MR) is 88.1 cm³/mol. The van der Waals surface area contributed by atoms with Crippen LogP contribution in [0.3, 0.4) is 0 Å². The number of nitro groups is 1. The lowest BCUT2D eigenvalue weighted by Crippen LogP contribution is -2.37. The van der Waals surface area contributed by atoms with Gasteiger partial charge in [0.05, 0.1) is 10.5 Å². The van der Waals surface area contributed by atoms with Crippen molar-refractivity contribution in [3.8, 4) is 0 Å². The molecule has 1 N–H and O–H groups in total. The Balaban J connectivity index is 2.02. The quantitative estimate of drug-likeness (QED) is 0.439. The predicted octanol–water partition coefficient (Wildman–Crippen LogP) is 2.11. The highest BCUT2D eigenvalue weighted by atomic mass is 19.4. The van der Waals surface area contributed by atoms with E-state index in [2.05, 4.69) is 5.32 Å². The van der Waals surface area contributed by atoms with Crippen LogP contribution in [0.15, 0.2) is 18.2 Å². The highest BCUT2D eigenvalue weighted by molar-refractivity contribution is 5.97. The molecular formula is C16H16F3N3O6. The highest BCUT2D eigenvalue weighted by Crippen LogP contribution is 2.35. The number of nitro benzene ring substituents is 1. The van der Waals surface area contributed by atoms with Crippen LogP contribution in [0.5, 0.6) is 0 Å². The third kappa shape index (κ3) is 4.96. The standard InChI is InChI=1S/C16H16F3N3O6/c1-9(15(25)28-8-14(24)21-6-2-3-13(21)23)20-11-5-4-10(16(17,18)19)7-12(11)22(26)27/h4-5,7,9,20H,2-3,6,8H2,1H3. The summed E-state index contributed by atoms with van der Waals surface area (Å²) in [5.41, 5.74) is -2.39. The summed E-state index contributed by atoms with van der Waals surface area (Å²) in [5, 5.41) is 13.4. The number of carbonyl (C=O) groups excluding carboxylic acids is 3. The van der Waals surface area contributed by atoms with Crippen molar-refractivity contribution in [2.45, 2.75) is 32.0 Å². The van der Waals surface area contributed by atoms with Crippen LogP contribution in [-0.2, 0) is 25.3 Å². The maximum Gasteiger partial charge on any atom is 0.416 e. The maximum atomic E-state index is 12.7. The van der Waals surface area contributed by atoms with E-state index in [1.54, 1.807) is 0 Å². The number of alkyl halides is 3. The Morgan fingerprint density at radius 2 is 2.07 bits per heavy atom. The lowest BCUT2D eigenvalue weighted by atomic mass is 10.1. The number of esters is 1. The molecule has 1 aromatic carbocycles. The highest BCUT2D eigenvalue weighted by Gasteiger charge is 2.33. The summed E-state index contributed by atoms with van der Waals surface area (Å²) < 4.78 is 42.9. The number of rotatable bonds is 6. The van der Waals surface area contributed by atoms with Gasteiger partial charge in [-0.05, 0) is 25.5 Å². The molecule has 1 aliphatic heterocycles. The van der Waals surface area contributed by atoms with Gasteiger partial charge in [0.1, 0.15) is 11.7 Å². The molecule has 0 aromatic heterocycles. The number of anilines is 1. The summed E-state index contributed by atoms with van der Waals surface area (Å²) in [6, 6.07) is 0.620. The molecule has 152 valence electrons. The summed E-state index contributed by atoms with van der Waals surface area (Å²) in [4.78, 5) is 46.2. The van der Waals surface area contributed by atoms with Gasteiger partial charge in [0.25, 0.3) is 11.6 Å². The number of hydrogen-bond acceptors (Lipinski definition) is 7. The number of hydrogen-bond donors (Lipinski definition) is 1. The van der Waals surface area contributed by atoms with Gasteiger partial charge in [-0.2, -0.15) is 13.2 Å². The van der Waals surface area contributed by atoms with E-state index in [1.807, 2.05) is 0 Å². The number of imide groups is 1. The molecule has 0 spiro atoms. The van der Waals surface area contributed by atoms with Gasteiger partial charge in [-0.25, -0.2) is 4.79 Å². The van der Waals surface area contributed by atoms with Crippen molar-refractivity contribution in [2.75, 3.05) is 18.5 Å². The molecule has 0 bridgehead atoms. The van der Waals surface area contributed by atoms with E-state index in [0.29, 0.717) is 18.6 Å². The van der Waals surface area contributed by atoms with Gasteiger partial charge < -0.3 is 10.1 Å². The van der Waals surface area contributed by atoms with E-state index < -0.39 is 46.9 Å². The lowest BCUT2D eigenvalue weighted by molar-refractivity contribution is -0.384. The average molecular weight is 403 g/mol. The molecule has 9 nitrogen and oxygen atoms in total. The summed E-state index contributed by atoms with van der Waals surface area (Å²) in [7, 11) is 0. The Bertz CT molecular complexity index is 811. The fourth-order valence-electron chi connectivity index (χ4n) is 2.52. The van der Waals surface area contributed by atoms with Crippen molar-refractivity contribution in [3.05, 3.63) is 33.9 Å². The second-order valence-electron chi connectivity index (χ2n) is 6.00. The number of amides is 2. The van der Waals surface area contributed by atoms with Crippen molar-refractivity contribution >= 4 is 29.2 Å². The van der Waals surface area contributed by atoms with Crippen LogP contribution in [-0.4, -0.2) is 46.8 Å². The third-order valence-electron chi connectivity index (χ3n) is 3.96. The second kappa shape index (κ2) is 8.23. The third-order valence-corrected chi connectivity index (χ3v) is 3.96. The molecule has 0 aliphatic carbocycles. The number of nitrogens with zero attached hydrogens (tertiary/aromatic N) is 2. The zero-order chi connectivity index (χ0) is 21.1. The fraction of sp³-hybridized carbons (Fsp3) is 0.438. The largest absolute Gasteiger partial charge is 0.454 e. The molecule has 1 aliphatic rings.